The molecule has 0 aliphatic rings. The first-order valence-corrected chi connectivity index (χ1v) is 12.6. The summed E-state index contributed by atoms with van der Waals surface area (Å²) in [4.78, 5) is 56.8. The van der Waals surface area contributed by atoms with E-state index in [1.165, 1.54) is 26.0 Å². The highest BCUT2D eigenvalue weighted by atomic mass is 16.6. The normalized spacial score (nSPS) is 11.4. The minimum absolute atomic E-state index is 0.0497. The quantitative estimate of drug-likeness (QED) is 0.106. The number of benzene rings is 1. The highest BCUT2D eigenvalue weighted by molar-refractivity contribution is 6.03. The van der Waals surface area contributed by atoms with Gasteiger partial charge in [-0.15, -0.1) is 0 Å². The number of aliphatic hydroxyl groups is 2. The summed E-state index contributed by atoms with van der Waals surface area (Å²) in [7, 11) is 0. The van der Waals surface area contributed by atoms with Crippen molar-refractivity contribution in [1.29, 1.82) is 0 Å². The van der Waals surface area contributed by atoms with Gasteiger partial charge >= 0.3 is 29.8 Å². The van der Waals surface area contributed by atoms with Crippen molar-refractivity contribution < 1.29 is 58.2 Å². The summed E-state index contributed by atoms with van der Waals surface area (Å²) < 4.78 is 20.1. The van der Waals surface area contributed by atoms with Gasteiger partial charge in [0.2, 0.25) is 0 Å². The fourth-order valence-electron chi connectivity index (χ4n) is 2.72. The number of ether oxygens (including phenoxy) is 4. The summed E-state index contributed by atoms with van der Waals surface area (Å²) in [5.41, 5.74) is 0.452. The van der Waals surface area contributed by atoms with E-state index in [0.717, 1.165) is 6.08 Å². The number of carbonyl (C=O) groups excluding carboxylic acids is 4. The number of hydrogen-bond acceptors (Lipinski definition) is 11. The Morgan fingerprint density at radius 2 is 1.10 bits per heavy atom. The fraction of sp³-hybridized carbons (Fsp3) is 0.414. The van der Waals surface area contributed by atoms with Crippen LogP contribution in [0.5, 0.6) is 0 Å². The van der Waals surface area contributed by atoms with Gasteiger partial charge < -0.3 is 34.3 Å². The molecule has 3 N–H and O–H groups in total. The van der Waals surface area contributed by atoms with E-state index in [9.17, 15) is 34.2 Å². The van der Waals surface area contributed by atoms with Crippen molar-refractivity contribution >= 4 is 29.8 Å². The van der Waals surface area contributed by atoms with E-state index in [1.54, 1.807) is 12.1 Å². The molecule has 0 aromatic heterocycles. The second kappa shape index (κ2) is 20.6. The summed E-state index contributed by atoms with van der Waals surface area (Å²) in [5.74, 6) is -3.66. The number of carboxylic acids is 1. The van der Waals surface area contributed by atoms with Gasteiger partial charge in [-0.1, -0.05) is 31.9 Å². The minimum atomic E-state index is -0.985. The van der Waals surface area contributed by atoms with Gasteiger partial charge in [-0.2, -0.15) is 0 Å². The van der Waals surface area contributed by atoms with Crippen molar-refractivity contribution in [3.63, 3.8) is 0 Å². The van der Waals surface area contributed by atoms with Gasteiger partial charge in [0.15, 0.2) is 0 Å². The van der Waals surface area contributed by atoms with Crippen LogP contribution in [0, 0.1) is 0 Å². The molecule has 0 bridgehead atoms. The van der Waals surface area contributed by atoms with E-state index in [2.05, 4.69) is 19.7 Å². The summed E-state index contributed by atoms with van der Waals surface area (Å²) in [6.45, 7) is 12.5. The largest absolute Gasteiger partial charge is 0.478 e. The molecule has 41 heavy (non-hydrogen) atoms. The van der Waals surface area contributed by atoms with Crippen molar-refractivity contribution in [2.24, 2.45) is 0 Å². The molecule has 12 nitrogen and oxygen atoms in total. The van der Waals surface area contributed by atoms with Gasteiger partial charge in [-0.3, -0.25) is 0 Å². The maximum atomic E-state index is 12.5. The van der Waals surface area contributed by atoms with Crippen LogP contribution in [-0.2, 0) is 33.3 Å². The molecule has 2 atom stereocenters. The zero-order valence-electron chi connectivity index (χ0n) is 23.3. The lowest BCUT2D eigenvalue weighted by Crippen LogP contribution is -2.23. The van der Waals surface area contributed by atoms with Gasteiger partial charge in [0.25, 0.3) is 0 Å². The van der Waals surface area contributed by atoms with Crippen molar-refractivity contribution in [1.82, 2.24) is 0 Å². The predicted molar refractivity (Wildman–Crippen MR) is 147 cm³/mol. The lowest BCUT2D eigenvalue weighted by atomic mass is 10.1. The second-order valence-electron chi connectivity index (χ2n) is 8.71. The van der Waals surface area contributed by atoms with Crippen LogP contribution in [0.3, 0.4) is 0 Å². The average Bonchev–Trinajstić information content (AvgIpc) is 2.94. The van der Waals surface area contributed by atoms with Crippen molar-refractivity contribution in [2.45, 2.75) is 51.7 Å². The maximum Gasteiger partial charge on any atom is 0.339 e. The molecule has 1 aromatic rings. The van der Waals surface area contributed by atoms with Crippen LogP contribution in [-0.4, -0.2) is 83.8 Å². The monoisotopic (exact) mass is 578 g/mol. The zero-order chi connectivity index (χ0) is 31.4. The first kappa shape index (κ1) is 36.7. The Morgan fingerprint density at radius 1 is 0.756 bits per heavy atom. The number of carbonyl (C=O) groups is 5. The lowest BCUT2D eigenvalue weighted by Gasteiger charge is -2.14. The van der Waals surface area contributed by atoms with E-state index in [1.807, 2.05) is 0 Å². The van der Waals surface area contributed by atoms with Gasteiger partial charge in [0.05, 0.1) is 36.5 Å². The van der Waals surface area contributed by atoms with Crippen LogP contribution in [0.1, 0.15) is 60.2 Å². The van der Waals surface area contributed by atoms with Crippen LogP contribution in [0.2, 0.25) is 0 Å². The molecule has 226 valence electrons. The Bertz CT molecular complexity index is 1000. The highest BCUT2D eigenvalue weighted by Crippen LogP contribution is 2.13. The molecule has 0 saturated carbocycles. The van der Waals surface area contributed by atoms with Gasteiger partial charge in [-0.05, 0) is 51.7 Å². The molecular formula is C29H38O12. The predicted octanol–water partition coefficient (Wildman–Crippen LogP) is 2.78. The minimum Gasteiger partial charge on any atom is -0.478 e. The molecule has 0 aliphatic heterocycles. The summed E-state index contributed by atoms with van der Waals surface area (Å²) >= 11 is 0. The number of aliphatic carboxylic acids is 1. The van der Waals surface area contributed by atoms with Crippen molar-refractivity contribution in [3.8, 4) is 0 Å². The Kier molecular flexibility index (Phi) is 18.4. The first-order valence-electron chi connectivity index (χ1n) is 12.6. The third-order valence-electron chi connectivity index (χ3n) is 4.88. The van der Waals surface area contributed by atoms with E-state index in [0.29, 0.717) is 12.8 Å². The summed E-state index contributed by atoms with van der Waals surface area (Å²) in [6, 6.07) is 5.85. The molecule has 0 amide bonds. The van der Waals surface area contributed by atoms with Crippen LogP contribution < -0.4 is 0 Å². The van der Waals surface area contributed by atoms with E-state index >= 15 is 0 Å². The van der Waals surface area contributed by atoms with Gasteiger partial charge in [0.1, 0.15) is 13.2 Å². The molecule has 2 unspecified atom stereocenters. The fourth-order valence-corrected chi connectivity index (χ4v) is 2.72. The van der Waals surface area contributed by atoms with Crippen LogP contribution in [0.25, 0.3) is 0 Å². The third-order valence-corrected chi connectivity index (χ3v) is 4.88. The van der Waals surface area contributed by atoms with Gasteiger partial charge in [0, 0.05) is 17.2 Å². The van der Waals surface area contributed by atoms with E-state index < -0.39 is 42.1 Å². The van der Waals surface area contributed by atoms with Crippen molar-refractivity contribution in [3.05, 3.63) is 72.4 Å². The molecule has 0 saturated heterocycles. The number of hydrogen-bond donors (Lipinski definition) is 3. The molecule has 0 spiro atoms. The smallest absolute Gasteiger partial charge is 0.339 e. The third kappa shape index (κ3) is 17.1. The Hall–Kier alpha value is -4.29. The molecule has 0 fully saturated rings. The average molecular weight is 579 g/mol. The molecule has 0 heterocycles. The summed E-state index contributed by atoms with van der Waals surface area (Å²) in [5, 5.41) is 27.6. The molecule has 0 aliphatic carbocycles. The summed E-state index contributed by atoms with van der Waals surface area (Å²) in [6.07, 6.45) is 0.0384. The van der Waals surface area contributed by atoms with Crippen LogP contribution in [0.15, 0.2) is 61.2 Å². The topological polar surface area (TPSA) is 183 Å². The maximum absolute atomic E-state index is 12.5. The Labute approximate surface area is 238 Å². The lowest BCUT2D eigenvalue weighted by molar-refractivity contribution is -0.140. The van der Waals surface area contributed by atoms with Crippen molar-refractivity contribution in [2.75, 3.05) is 26.4 Å². The molecule has 1 aromatic carbocycles. The van der Waals surface area contributed by atoms with E-state index in [4.69, 9.17) is 24.1 Å². The first-order chi connectivity index (χ1) is 19.3. The van der Waals surface area contributed by atoms with Gasteiger partial charge in [-0.25, -0.2) is 24.0 Å². The number of carboxylic acid groups (broad SMARTS) is 1. The number of aliphatic hydroxyl groups excluding tert-OH is 2. The Balaban J connectivity index is 0.00000292. The van der Waals surface area contributed by atoms with Crippen LogP contribution >= 0.6 is 0 Å². The molecule has 12 heteroatoms. The zero-order valence-corrected chi connectivity index (χ0v) is 23.3. The number of rotatable bonds is 17. The SMILES string of the molecule is C=C(C)C(=O)OCCCC(O)COC(=O)c1ccccc1C(=O)OCC(O)CCCOC(=O)C(=C)C.C=CC(=O)O. The highest BCUT2D eigenvalue weighted by Gasteiger charge is 2.21. The number of esters is 4. The van der Waals surface area contributed by atoms with E-state index in [-0.39, 0.29) is 61.5 Å². The molecular weight excluding hydrogens is 540 g/mol. The standard InChI is InChI=1S/C26H34O10.C3H4O2/c1-17(2)23(29)33-13-7-9-19(27)15-35-25(31)21-11-5-6-12-22(21)26(32)36-16-20(28)10-8-14-34-24(30)18(3)4;1-2-3(4)5/h5-6,11-12,19-20,27-28H,1,3,7-10,13-16H2,2,4H3;2H,1H2,(H,4,5). The van der Waals surface area contributed by atoms with Crippen LogP contribution in [0.4, 0.5) is 0 Å². The Morgan fingerprint density at radius 3 is 1.39 bits per heavy atom. The molecule has 0 radical (unpaired) electrons. The molecule has 1 rings (SSSR count). The second-order valence-corrected chi connectivity index (χ2v) is 8.71.